The third-order valence-electron chi connectivity index (χ3n) is 3.80. The van der Waals surface area contributed by atoms with Crippen molar-refractivity contribution < 1.29 is 13.9 Å². The maximum atomic E-state index is 13.5. The average molecular weight is 366 g/mol. The zero-order chi connectivity index (χ0) is 16.9. The molecular weight excluding hydrogens is 349 g/mol. The number of fused-ring (bicyclic) bond motifs is 1. The fourth-order valence-electron chi connectivity index (χ4n) is 2.62. The van der Waals surface area contributed by atoms with E-state index in [-0.39, 0.29) is 31.0 Å². The standard InChI is InChI=1S/C18H17ClFNO2S/c19-15-4-2-1-3-12(15)10-23-11-18(22)21-16-7-8-24-17-6-5-13(20)9-14(16)17/h1-6,9,16H,7-8,10-11H2,(H,21,22). The quantitative estimate of drug-likeness (QED) is 0.856. The van der Waals surface area contributed by atoms with Crippen molar-refractivity contribution in [3.05, 3.63) is 64.4 Å². The number of ether oxygens (including phenoxy) is 1. The van der Waals surface area contributed by atoms with Crippen LogP contribution in [0.3, 0.4) is 0 Å². The maximum Gasteiger partial charge on any atom is 0.246 e. The normalized spacial score (nSPS) is 16.5. The Morgan fingerprint density at radius 2 is 2.17 bits per heavy atom. The van der Waals surface area contributed by atoms with E-state index in [0.717, 1.165) is 28.2 Å². The number of carbonyl (C=O) groups is 1. The molecule has 0 radical (unpaired) electrons. The smallest absolute Gasteiger partial charge is 0.246 e. The minimum atomic E-state index is -0.287. The zero-order valence-electron chi connectivity index (χ0n) is 12.9. The highest BCUT2D eigenvalue weighted by Crippen LogP contribution is 2.36. The molecule has 0 fully saturated rings. The summed E-state index contributed by atoms with van der Waals surface area (Å²) < 4.78 is 18.9. The highest BCUT2D eigenvalue weighted by Gasteiger charge is 2.22. The van der Waals surface area contributed by atoms with Crippen molar-refractivity contribution >= 4 is 29.3 Å². The molecule has 1 N–H and O–H groups in total. The summed E-state index contributed by atoms with van der Waals surface area (Å²) in [6, 6.07) is 11.9. The zero-order valence-corrected chi connectivity index (χ0v) is 14.5. The lowest BCUT2D eigenvalue weighted by Crippen LogP contribution is -2.33. The number of carbonyl (C=O) groups excluding carboxylic acids is 1. The van der Waals surface area contributed by atoms with E-state index in [0.29, 0.717) is 5.02 Å². The summed E-state index contributed by atoms with van der Waals surface area (Å²) in [7, 11) is 0. The number of benzene rings is 2. The highest BCUT2D eigenvalue weighted by molar-refractivity contribution is 7.99. The molecule has 3 rings (SSSR count). The molecule has 1 atom stereocenters. The van der Waals surface area contributed by atoms with Gasteiger partial charge in [-0.05, 0) is 41.8 Å². The number of hydrogen-bond donors (Lipinski definition) is 1. The SMILES string of the molecule is O=C(COCc1ccccc1Cl)NC1CCSc2ccc(F)cc21. The summed E-state index contributed by atoms with van der Waals surface area (Å²) in [6.07, 6.45) is 0.775. The number of nitrogens with one attached hydrogen (secondary N) is 1. The molecule has 126 valence electrons. The van der Waals surface area contributed by atoms with Crippen LogP contribution in [0.5, 0.6) is 0 Å². The van der Waals surface area contributed by atoms with E-state index in [9.17, 15) is 9.18 Å². The van der Waals surface area contributed by atoms with Gasteiger partial charge < -0.3 is 10.1 Å². The molecule has 1 unspecified atom stereocenters. The van der Waals surface area contributed by atoms with Gasteiger partial charge in [0.15, 0.2) is 0 Å². The topological polar surface area (TPSA) is 38.3 Å². The van der Waals surface area contributed by atoms with Gasteiger partial charge in [0.25, 0.3) is 0 Å². The monoisotopic (exact) mass is 365 g/mol. The first kappa shape index (κ1) is 17.3. The van der Waals surface area contributed by atoms with Crippen molar-refractivity contribution in [2.75, 3.05) is 12.4 Å². The summed E-state index contributed by atoms with van der Waals surface area (Å²) in [5, 5.41) is 3.54. The minimum absolute atomic E-state index is 0.0560. The maximum absolute atomic E-state index is 13.5. The van der Waals surface area contributed by atoms with Gasteiger partial charge >= 0.3 is 0 Å². The Bertz CT molecular complexity index is 741. The molecule has 1 heterocycles. The molecule has 24 heavy (non-hydrogen) atoms. The van der Waals surface area contributed by atoms with Gasteiger partial charge in [-0.3, -0.25) is 4.79 Å². The first-order valence-electron chi connectivity index (χ1n) is 7.66. The molecule has 2 aromatic rings. The second kappa shape index (κ2) is 8.01. The van der Waals surface area contributed by atoms with Crippen LogP contribution < -0.4 is 5.32 Å². The van der Waals surface area contributed by atoms with E-state index in [4.69, 9.17) is 16.3 Å². The van der Waals surface area contributed by atoms with E-state index < -0.39 is 0 Å². The molecule has 0 saturated carbocycles. The lowest BCUT2D eigenvalue weighted by molar-refractivity contribution is -0.126. The number of hydrogen-bond acceptors (Lipinski definition) is 3. The number of halogens is 2. The minimum Gasteiger partial charge on any atom is -0.367 e. The van der Waals surface area contributed by atoms with Gasteiger partial charge in [0.05, 0.1) is 12.6 Å². The van der Waals surface area contributed by atoms with E-state index in [1.807, 2.05) is 18.2 Å². The molecule has 1 aliphatic heterocycles. The Labute approximate surface area is 149 Å². The fraction of sp³-hybridized carbons (Fsp3) is 0.278. The van der Waals surface area contributed by atoms with Crippen molar-refractivity contribution in [1.82, 2.24) is 5.32 Å². The Kier molecular flexibility index (Phi) is 5.76. The van der Waals surface area contributed by atoms with E-state index >= 15 is 0 Å². The molecule has 0 aromatic heterocycles. The predicted molar refractivity (Wildman–Crippen MR) is 93.7 cm³/mol. The van der Waals surface area contributed by atoms with Crippen molar-refractivity contribution in [3.63, 3.8) is 0 Å². The highest BCUT2D eigenvalue weighted by atomic mass is 35.5. The molecule has 6 heteroatoms. The van der Waals surface area contributed by atoms with Crippen molar-refractivity contribution in [3.8, 4) is 0 Å². The molecule has 2 aromatic carbocycles. The van der Waals surface area contributed by atoms with Crippen molar-refractivity contribution in [1.29, 1.82) is 0 Å². The molecule has 0 spiro atoms. The molecule has 0 aliphatic carbocycles. The first-order valence-corrected chi connectivity index (χ1v) is 9.02. The number of thioether (sulfide) groups is 1. The van der Waals surface area contributed by atoms with Crippen LogP contribution in [0, 0.1) is 5.82 Å². The Morgan fingerprint density at radius 3 is 3.00 bits per heavy atom. The van der Waals surface area contributed by atoms with Crippen molar-refractivity contribution in [2.45, 2.75) is 24.0 Å². The third kappa shape index (κ3) is 4.29. The lowest BCUT2D eigenvalue weighted by atomic mass is 10.0. The fourth-order valence-corrected chi connectivity index (χ4v) is 3.92. The average Bonchev–Trinajstić information content (AvgIpc) is 2.57. The van der Waals surface area contributed by atoms with Gasteiger partial charge in [0.1, 0.15) is 12.4 Å². The summed E-state index contributed by atoms with van der Waals surface area (Å²) in [5.41, 5.74) is 1.68. The summed E-state index contributed by atoms with van der Waals surface area (Å²) in [4.78, 5) is 13.1. The lowest BCUT2D eigenvalue weighted by Gasteiger charge is -2.26. The van der Waals surface area contributed by atoms with E-state index in [1.54, 1.807) is 23.9 Å². The van der Waals surface area contributed by atoms with Gasteiger partial charge in [-0.25, -0.2) is 4.39 Å². The second-order valence-corrected chi connectivity index (χ2v) is 7.07. The van der Waals surface area contributed by atoms with Crippen molar-refractivity contribution in [2.24, 2.45) is 0 Å². The van der Waals surface area contributed by atoms with E-state index in [2.05, 4.69) is 5.32 Å². The van der Waals surface area contributed by atoms with Gasteiger partial charge in [-0.1, -0.05) is 29.8 Å². The van der Waals surface area contributed by atoms with Crippen LogP contribution in [0.25, 0.3) is 0 Å². The largest absolute Gasteiger partial charge is 0.367 e. The Hall–Kier alpha value is -1.56. The van der Waals surface area contributed by atoms with Gasteiger partial charge in [-0.2, -0.15) is 0 Å². The van der Waals surface area contributed by atoms with Crippen LogP contribution in [-0.2, 0) is 16.1 Å². The van der Waals surface area contributed by atoms with Gasteiger partial charge in [-0.15, -0.1) is 11.8 Å². The molecule has 1 amide bonds. The Balaban J connectivity index is 1.55. The second-order valence-electron chi connectivity index (χ2n) is 5.52. The van der Waals surface area contributed by atoms with Crippen LogP contribution in [-0.4, -0.2) is 18.3 Å². The molecule has 1 aliphatic rings. The molecule has 3 nitrogen and oxygen atoms in total. The van der Waals surface area contributed by atoms with Crippen LogP contribution >= 0.6 is 23.4 Å². The van der Waals surface area contributed by atoms with Crippen LogP contribution in [0.15, 0.2) is 47.4 Å². The molecule has 0 saturated heterocycles. The summed E-state index contributed by atoms with van der Waals surface area (Å²) in [6.45, 7) is 0.221. The molecule has 0 bridgehead atoms. The third-order valence-corrected chi connectivity index (χ3v) is 5.29. The summed E-state index contributed by atoms with van der Waals surface area (Å²) >= 11 is 7.73. The predicted octanol–water partition coefficient (Wildman–Crippen LogP) is 4.35. The first-order chi connectivity index (χ1) is 11.6. The van der Waals surface area contributed by atoms with Crippen LogP contribution in [0.1, 0.15) is 23.6 Å². The Morgan fingerprint density at radius 1 is 1.33 bits per heavy atom. The van der Waals surface area contributed by atoms with Gasteiger partial charge in [0, 0.05) is 15.7 Å². The number of rotatable bonds is 5. The van der Waals surface area contributed by atoms with E-state index in [1.165, 1.54) is 12.1 Å². The number of amides is 1. The van der Waals surface area contributed by atoms with Gasteiger partial charge in [0.2, 0.25) is 5.91 Å². The van der Waals surface area contributed by atoms with Crippen LogP contribution in [0.2, 0.25) is 5.02 Å². The molecular formula is C18H17ClFNO2S. The summed E-state index contributed by atoms with van der Waals surface area (Å²) in [5.74, 6) is 0.393. The van der Waals surface area contributed by atoms with Crippen LogP contribution in [0.4, 0.5) is 4.39 Å².